The highest BCUT2D eigenvalue weighted by atomic mass is 31.1. The molecule has 2 nitrogen and oxygen atoms in total. The van der Waals surface area contributed by atoms with E-state index in [0.717, 1.165) is 0 Å². The molecule has 0 saturated carbocycles. The van der Waals surface area contributed by atoms with Crippen LogP contribution >= 0.6 is 8.15 Å². The van der Waals surface area contributed by atoms with Gasteiger partial charge in [0.25, 0.3) is 0 Å². The number of rotatable bonds is 3. The van der Waals surface area contributed by atoms with E-state index in [0.29, 0.717) is 7.69 Å². The second-order valence-electron chi connectivity index (χ2n) is 1.35. The van der Waals surface area contributed by atoms with E-state index in [1.807, 2.05) is 13.3 Å². The van der Waals surface area contributed by atoms with Crippen molar-refractivity contribution in [2.45, 2.75) is 0 Å². The van der Waals surface area contributed by atoms with Crippen molar-refractivity contribution in [3.63, 3.8) is 0 Å². The fourth-order valence-corrected chi connectivity index (χ4v) is 0.474. The molecule has 0 saturated heterocycles. The van der Waals surface area contributed by atoms with E-state index in [1.54, 1.807) is 7.11 Å². The molecule has 7 heavy (non-hydrogen) atoms. The first-order valence-corrected chi connectivity index (χ1v) is 4.22. The Morgan fingerprint density at radius 1 is 1.43 bits per heavy atom. The third-order valence-corrected chi connectivity index (χ3v) is 1.05. The first-order chi connectivity index (χ1) is 3.27. The van der Waals surface area contributed by atoms with Gasteiger partial charge in [0.1, 0.15) is 0 Å². The lowest BCUT2D eigenvalue weighted by atomic mass is 10.4. The first-order valence-electron chi connectivity index (χ1n) is 2.06. The fraction of sp³-hybridized carbons (Fsp3) is 1.00. The largest absolute Gasteiger partial charge is 0.441 e. The molecule has 0 aliphatic carbocycles. The third kappa shape index (κ3) is 6.41. The van der Waals surface area contributed by atoms with Crippen molar-refractivity contribution in [2.24, 2.45) is 0 Å². The van der Waals surface area contributed by atoms with Gasteiger partial charge in [-0.1, -0.05) is 0 Å². The lowest BCUT2D eigenvalue weighted by molar-refractivity contribution is 0.378. The highest BCUT2D eigenvalue weighted by Crippen LogP contribution is 2.23. The summed E-state index contributed by atoms with van der Waals surface area (Å²) < 4.78 is 9.68. The monoisotopic (exact) mass is 120 g/mol. The minimum absolute atomic E-state index is 0.231. The van der Waals surface area contributed by atoms with E-state index in [1.165, 1.54) is 0 Å². The predicted molar refractivity (Wildman–Crippen MR) is 34.0 cm³/mol. The molecule has 0 heterocycles. The first kappa shape index (κ1) is 7.41. The molecule has 42 valence electrons. The average molecular weight is 120 g/mol. The summed E-state index contributed by atoms with van der Waals surface area (Å²) in [7, 11) is 1.82. The van der Waals surface area contributed by atoms with Gasteiger partial charge in [0.2, 0.25) is 0 Å². The molecule has 0 radical (unpaired) electrons. The molecule has 0 bridgehead atoms. The standard InChI is InChI=1S/C3H10BO2P/c1-5-4-6-7(2)3/h4H,1-3H3. The Balaban J connectivity index is 2.68. The second kappa shape index (κ2) is 4.57. The van der Waals surface area contributed by atoms with E-state index in [4.69, 9.17) is 4.44 Å². The second-order valence-corrected chi connectivity index (χ2v) is 3.23. The molecule has 0 amide bonds. The molecule has 0 aromatic carbocycles. The van der Waals surface area contributed by atoms with Gasteiger partial charge in [-0.15, -0.1) is 0 Å². The van der Waals surface area contributed by atoms with Crippen LogP contribution in [0.5, 0.6) is 0 Å². The molecule has 0 fully saturated rings. The Labute approximate surface area is 46.3 Å². The van der Waals surface area contributed by atoms with Crippen molar-refractivity contribution in [3.05, 3.63) is 0 Å². The minimum atomic E-state index is -0.231. The molecule has 0 atom stereocenters. The van der Waals surface area contributed by atoms with Gasteiger partial charge in [0.15, 0.2) is 0 Å². The number of hydrogen-bond donors (Lipinski definition) is 0. The van der Waals surface area contributed by atoms with Crippen LogP contribution in [-0.4, -0.2) is 28.1 Å². The lowest BCUT2D eigenvalue weighted by Crippen LogP contribution is -1.94. The summed E-state index contributed by atoms with van der Waals surface area (Å²) in [5.41, 5.74) is 0. The Morgan fingerprint density at radius 2 is 2.00 bits per heavy atom. The van der Waals surface area contributed by atoms with Crippen LogP contribution in [0.3, 0.4) is 0 Å². The summed E-state index contributed by atoms with van der Waals surface area (Å²) in [5, 5.41) is 0. The average Bonchev–Trinajstić information content (AvgIpc) is 1.61. The van der Waals surface area contributed by atoms with Gasteiger partial charge < -0.3 is 9.10 Å². The Morgan fingerprint density at radius 3 is 2.14 bits per heavy atom. The van der Waals surface area contributed by atoms with Crippen LogP contribution in [0.25, 0.3) is 0 Å². The molecule has 0 aliphatic rings. The van der Waals surface area contributed by atoms with Crippen molar-refractivity contribution in [2.75, 3.05) is 20.4 Å². The maximum Gasteiger partial charge on any atom is 0.441 e. The SMILES string of the molecule is COBOP(C)C. The minimum Gasteiger partial charge on any atom is -0.417 e. The van der Waals surface area contributed by atoms with Gasteiger partial charge in [0.05, 0.1) is 0 Å². The van der Waals surface area contributed by atoms with Gasteiger partial charge in [-0.25, -0.2) is 0 Å². The molecule has 0 aromatic heterocycles. The van der Waals surface area contributed by atoms with Crippen molar-refractivity contribution in [1.29, 1.82) is 0 Å². The highest BCUT2D eigenvalue weighted by molar-refractivity contribution is 7.51. The molecule has 0 rings (SSSR count). The quantitative estimate of drug-likeness (QED) is 0.400. The molecular weight excluding hydrogens is 110 g/mol. The van der Waals surface area contributed by atoms with Gasteiger partial charge in [-0.2, -0.15) is 0 Å². The van der Waals surface area contributed by atoms with Crippen LogP contribution in [-0.2, 0) is 9.10 Å². The van der Waals surface area contributed by atoms with Crippen LogP contribution in [0, 0.1) is 0 Å². The normalized spacial score (nSPS) is 9.71. The maximum atomic E-state index is 5.03. The smallest absolute Gasteiger partial charge is 0.417 e. The van der Waals surface area contributed by atoms with Gasteiger partial charge >= 0.3 is 7.69 Å². The van der Waals surface area contributed by atoms with E-state index in [2.05, 4.69) is 4.65 Å². The van der Waals surface area contributed by atoms with Crippen molar-refractivity contribution in [3.8, 4) is 0 Å². The zero-order valence-electron chi connectivity index (χ0n) is 4.97. The van der Waals surface area contributed by atoms with E-state index < -0.39 is 0 Å². The van der Waals surface area contributed by atoms with Crippen LogP contribution in [0.15, 0.2) is 0 Å². The Bertz CT molecular complexity index is 41.9. The lowest BCUT2D eigenvalue weighted by Gasteiger charge is -2.02. The molecular formula is C3H10BO2P. The van der Waals surface area contributed by atoms with Crippen LogP contribution in [0.4, 0.5) is 0 Å². The van der Waals surface area contributed by atoms with Crippen LogP contribution in [0.1, 0.15) is 0 Å². The summed E-state index contributed by atoms with van der Waals surface area (Å²) in [6.07, 6.45) is 0. The molecule has 0 spiro atoms. The maximum absolute atomic E-state index is 5.03. The van der Waals surface area contributed by atoms with Crippen molar-refractivity contribution < 1.29 is 9.10 Å². The third-order valence-electron chi connectivity index (χ3n) is 0.429. The molecule has 0 N–H and O–H groups in total. The summed E-state index contributed by atoms with van der Waals surface area (Å²) in [6.45, 7) is 4.07. The van der Waals surface area contributed by atoms with Crippen molar-refractivity contribution in [1.82, 2.24) is 0 Å². The molecule has 0 aliphatic heterocycles. The predicted octanol–water partition coefficient (Wildman–Crippen LogP) is 0.572. The van der Waals surface area contributed by atoms with Crippen LogP contribution < -0.4 is 0 Å². The zero-order chi connectivity index (χ0) is 5.70. The summed E-state index contributed by atoms with van der Waals surface area (Å²) in [6, 6.07) is 0. The molecule has 0 unspecified atom stereocenters. The summed E-state index contributed by atoms with van der Waals surface area (Å²) in [5.74, 6) is 0. The van der Waals surface area contributed by atoms with Gasteiger partial charge in [-0.3, -0.25) is 0 Å². The summed E-state index contributed by atoms with van der Waals surface area (Å²) >= 11 is 0. The molecule has 0 aromatic rings. The zero-order valence-corrected chi connectivity index (χ0v) is 5.87. The molecule has 4 heteroatoms. The van der Waals surface area contributed by atoms with Gasteiger partial charge in [0, 0.05) is 15.3 Å². The van der Waals surface area contributed by atoms with E-state index in [-0.39, 0.29) is 8.15 Å². The Kier molecular flexibility index (Phi) is 4.84. The Hall–Kier alpha value is 0.415. The topological polar surface area (TPSA) is 18.5 Å². The van der Waals surface area contributed by atoms with Gasteiger partial charge in [-0.05, 0) is 13.3 Å². The van der Waals surface area contributed by atoms with Crippen LogP contribution in [0.2, 0.25) is 0 Å². The van der Waals surface area contributed by atoms with E-state index in [9.17, 15) is 0 Å². The van der Waals surface area contributed by atoms with E-state index >= 15 is 0 Å². The highest BCUT2D eigenvalue weighted by Gasteiger charge is 1.90. The fourth-order valence-electron chi connectivity index (χ4n) is 0.158. The van der Waals surface area contributed by atoms with Crippen molar-refractivity contribution >= 4 is 15.8 Å². The summed E-state index contributed by atoms with van der Waals surface area (Å²) in [4.78, 5) is 0. The number of hydrogen-bond acceptors (Lipinski definition) is 2.